The summed E-state index contributed by atoms with van der Waals surface area (Å²) >= 11 is 7.21. The fourth-order valence-electron chi connectivity index (χ4n) is 1.82. The largest absolute Gasteiger partial charge is 0.469 e. The number of guanidine groups is 1. The van der Waals surface area contributed by atoms with Gasteiger partial charge in [0.25, 0.3) is 0 Å². The quantitative estimate of drug-likeness (QED) is 0.163. The molecule has 1 unspecified atom stereocenters. The number of ether oxygens (including phenoxy) is 1. The second-order valence-electron chi connectivity index (χ2n) is 4.84. The number of thiophene rings is 1. The summed E-state index contributed by atoms with van der Waals surface area (Å²) in [6.45, 7) is 3.66. The Morgan fingerprint density at radius 1 is 1.42 bits per heavy atom. The summed E-state index contributed by atoms with van der Waals surface area (Å²) in [5.41, 5.74) is 0. The highest BCUT2D eigenvalue weighted by Gasteiger charge is 2.10. The molecular weight excluding hydrogens is 465 g/mol. The zero-order valence-electron chi connectivity index (χ0n) is 13.9. The second kappa shape index (κ2) is 13.7. The number of hydrogen-bond acceptors (Lipinski definition) is 5. The average Bonchev–Trinajstić information content (AvgIpc) is 2.98. The summed E-state index contributed by atoms with van der Waals surface area (Å²) in [5, 5.41) is 16.4. The number of rotatable bonds is 9. The van der Waals surface area contributed by atoms with Crippen LogP contribution in [0.4, 0.5) is 0 Å². The first kappa shape index (κ1) is 23.4. The number of aliphatic hydroxyl groups is 1. The fraction of sp³-hybridized carbons (Fsp3) is 0.600. The molecule has 6 nitrogen and oxygen atoms in total. The van der Waals surface area contributed by atoms with Gasteiger partial charge in [0.05, 0.1) is 18.0 Å². The van der Waals surface area contributed by atoms with Crippen LogP contribution >= 0.6 is 46.9 Å². The van der Waals surface area contributed by atoms with Crippen molar-refractivity contribution in [2.45, 2.75) is 32.3 Å². The van der Waals surface area contributed by atoms with Crippen molar-refractivity contribution in [1.82, 2.24) is 10.6 Å². The molecule has 1 heterocycles. The van der Waals surface area contributed by atoms with Crippen LogP contribution in [0.1, 0.15) is 37.2 Å². The smallest absolute Gasteiger partial charge is 0.305 e. The number of unbranched alkanes of at least 4 members (excludes halogenated alkanes) is 1. The molecule has 0 aliphatic carbocycles. The average molecular weight is 490 g/mol. The van der Waals surface area contributed by atoms with Gasteiger partial charge in [-0.3, -0.25) is 9.79 Å². The molecule has 24 heavy (non-hydrogen) atoms. The highest BCUT2D eigenvalue weighted by molar-refractivity contribution is 14.0. The maximum atomic E-state index is 11.0. The molecule has 1 aromatic rings. The minimum Gasteiger partial charge on any atom is -0.469 e. The van der Waals surface area contributed by atoms with Crippen LogP contribution in [-0.2, 0) is 9.53 Å². The standard InChI is InChI=1S/C15H24ClN3O3S.HI/c1-3-17-15(18-9-5-4-6-14(21)22-2)19-10-11(20)12-7-8-13(16)23-12;/h7-8,11,20H,3-6,9-10H2,1-2H3,(H2,17,18,19);1H. The van der Waals surface area contributed by atoms with E-state index in [1.54, 1.807) is 12.1 Å². The van der Waals surface area contributed by atoms with Gasteiger partial charge in [0.15, 0.2) is 5.96 Å². The van der Waals surface area contributed by atoms with E-state index in [9.17, 15) is 9.90 Å². The summed E-state index contributed by atoms with van der Waals surface area (Å²) in [4.78, 5) is 16.2. The lowest BCUT2D eigenvalue weighted by atomic mass is 10.2. The van der Waals surface area contributed by atoms with Crippen molar-refractivity contribution in [3.63, 3.8) is 0 Å². The molecule has 0 radical (unpaired) electrons. The molecule has 0 spiro atoms. The fourth-order valence-corrected chi connectivity index (χ4v) is 2.86. The lowest BCUT2D eigenvalue weighted by Gasteiger charge is -2.12. The van der Waals surface area contributed by atoms with Gasteiger partial charge in [-0.1, -0.05) is 11.6 Å². The Kier molecular flexibility index (Phi) is 13.4. The minimum atomic E-state index is -0.665. The number of esters is 1. The molecule has 0 fully saturated rings. The van der Waals surface area contributed by atoms with E-state index in [-0.39, 0.29) is 36.5 Å². The number of nitrogens with one attached hydrogen (secondary N) is 2. The molecule has 1 atom stereocenters. The van der Waals surface area contributed by atoms with Crippen LogP contribution in [0.5, 0.6) is 0 Å². The second-order valence-corrected chi connectivity index (χ2v) is 6.58. The van der Waals surface area contributed by atoms with Crippen LogP contribution in [0.3, 0.4) is 0 Å². The van der Waals surface area contributed by atoms with Gasteiger partial charge in [-0.15, -0.1) is 35.3 Å². The minimum absolute atomic E-state index is 0. The molecule has 0 aromatic carbocycles. The Hall–Kier alpha value is -0.580. The number of hydrogen-bond donors (Lipinski definition) is 3. The summed E-state index contributed by atoms with van der Waals surface area (Å²) in [7, 11) is 1.39. The third-order valence-corrected chi connectivity index (χ3v) is 4.35. The number of carbonyl (C=O) groups excluding carboxylic acids is 1. The van der Waals surface area contributed by atoms with E-state index < -0.39 is 6.10 Å². The molecule has 0 aliphatic rings. The third kappa shape index (κ3) is 9.65. The predicted octanol–water partition coefficient (Wildman–Crippen LogP) is 2.95. The van der Waals surface area contributed by atoms with Gasteiger partial charge in [0.2, 0.25) is 0 Å². The summed E-state index contributed by atoms with van der Waals surface area (Å²) in [6.07, 6.45) is 1.35. The van der Waals surface area contributed by atoms with Crippen LogP contribution in [0.25, 0.3) is 0 Å². The van der Waals surface area contributed by atoms with E-state index >= 15 is 0 Å². The summed E-state index contributed by atoms with van der Waals surface area (Å²) in [6, 6.07) is 3.57. The van der Waals surface area contributed by atoms with E-state index in [1.807, 2.05) is 6.92 Å². The van der Waals surface area contributed by atoms with E-state index in [4.69, 9.17) is 11.6 Å². The zero-order valence-corrected chi connectivity index (χ0v) is 17.8. The van der Waals surface area contributed by atoms with E-state index in [0.29, 0.717) is 23.3 Å². The molecule has 1 aromatic heterocycles. The van der Waals surface area contributed by atoms with Gasteiger partial charge < -0.3 is 20.5 Å². The van der Waals surface area contributed by atoms with Gasteiger partial charge in [-0.2, -0.15) is 0 Å². The molecule has 0 aliphatic heterocycles. The zero-order chi connectivity index (χ0) is 17.1. The van der Waals surface area contributed by atoms with Crippen LogP contribution in [0.2, 0.25) is 4.34 Å². The Morgan fingerprint density at radius 2 is 2.17 bits per heavy atom. The number of aliphatic hydroxyl groups excluding tert-OH is 1. The Balaban J connectivity index is 0.00000529. The van der Waals surface area contributed by atoms with Crippen molar-refractivity contribution in [3.05, 3.63) is 21.3 Å². The monoisotopic (exact) mass is 489 g/mol. The molecule has 0 bridgehead atoms. The maximum Gasteiger partial charge on any atom is 0.305 e. The maximum absolute atomic E-state index is 11.0. The van der Waals surface area contributed by atoms with Crippen molar-refractivity contribution in [2.75, 3.05) is 26.7 Å². The Labute approximate surface area is 169 Å². The molecule has 1 rings (SSSR count). The number of methoxy groups -OCH3 is 1. The number of carbonyl (C=O) groups is 1. The normalized spacial score (nSPS) is 12.2. The SMILES string of the molecule is CCNC(=NCC(O)c1ccc(Cl)s1)NCCCCC(=O)OC.I. The lowest BCUT2D eigenvalue weighted by molar-refractivity contribution is -0.140. The molecule has 138 valence electrons. The number of aliphatic imine (C=N–C) groups is 1. The van der Waals surface area contributed by atoms with Crippen molar-refractivity contribution in [3.8, 4) is 0 Å². The molecule has 9 heteroatoms. The third-order valence-electron chi connectivity index (χ3n) is 3.02. The number of nitrogens with zero attached hydrogens (tertiary/aromatic N) is 1. The summed E-state index contributed by atoms with van der Waals surface area (Å²) in [5.74, 6) is 0.454. The van der Waals surface area contributed by atoms with Crippen LogP contribution in [0, 0.1) is 0 Å². The van der Waals surface area contributed by atoms with Gasteiger partial charge in [0.1, 0.15) is 6.10 Å². The Morgan fingerprint density at radius 3 is 2.75 bits per heavy atom. The van der Waals surface area contributed by atoms with Crippen LogP contribution in [0.15, 0.2) is 17.1 Å². The Bertz CT molecular complexity index is 514. The summed E-state index contributed by atoms with van der Waals surface area (Å²) < 4.78 is 5.25. The molecular formula is C15H25ClIN3O3S. The van der Waals surface area contributed by atoms with Crippen LogP contribution in [-0.4, -0.2) is 43.8 Å². The van der Waals surface area contributed by atoms with Gasteiger partial charge in [-0.25, -0.2) is 0 Å². The van der Waals surface area contributed by atoms with Crippen molar-refractivity contribution >= 4 is 58.8 Å². The van der Waals surface area contributed by atoms with Gasteiger partial charge in [0, 0.05) is 24.4 Å². The first-order chi connectivity index (χ1) is 11.1. The van der Waals surface area contributed by atoms with Crippen molar-refractivity contribution < 1.29 is 14.6 Å². The topological polar surface area (TPSA) is 83.0 Å². The molecule has 0 saturated carbocycles. The molecule has 0 amide bonds. The van der Waals surface area contributed by atoms with E-state index in [0.717, 1.165) is 24.3 Å². The van der Waals surface area contributed by atoms with Crippen molar-refractivity contribution in [1.29, 1.82) is 0 Å². The van der Waals surface area contributed by atoms with E-state index in [1.165, 1.54) is 18.4 Å². The predicted molar refractivity (Wildman–Crippen MR) is 110 cm³/mol. The lowest BCUT2D eigenvalue weighted by Crippen LogP contribution is -2.38. The van der Waals surface area contributed by atoms with Crippen LogP contribution < -0.4 is 10.6 Å². The molecule has 3 N–H and O–H groups in total. The van der Waals surface area contributed by atoms with Gasteiger partial charge in [-0.05, 0) is 31.9 Å². The highest BCUT2D eigenvalue weighted by Crippen LogP contribution is 2.26. The highest BCUT2D eigenvalue weighted by atomic mass is 127. The molecule has 0 saturated heterocycles. The van der Waals surface area contributed by atoms with Crippen molar-refractivity contribution in [2.24, 2.45) is 4.99 Å². The van der Waals surface area contributed by atoms with Gasteiger partial charge >= 0.3 is 5.97 Å². The van der Waals surface area contributed by atoms with E-state index in [2.05, 4.69) is 20.4 Å². The number of halogens is 2. The first-order valence-electron chi connectivity index (χ1n) is 7.59. The first-order valence-corrected chi connectivity index (χ1v) is 8.78.